The lowest BCUT2D eigenvalue weighted by Gasteiger charge is -2.21. The fourth-order valence-electron chi connectivity index (χ4n) is 5.13. The van der Waals surface area contributed by atoms with Crippen LogP contribution >= 0.6 is 0 Å². The van der Waals surface area contributed by atoms with Crippen LogP contribution in [-0.4, -0.2) is 46.1 Å². The Morgan fingerprint density at radius 1 is 0.595 bits per heavy atom. The van der Waals surface area contributed by atoms with E-state index in [0.717, 1.165) is 38.5 Å². The highest BCUT2D eigenvalue weighted by molar-refractivity contribution is 5.76. The lowest BCUT2D eigenvalue weighted by Crippen LogP contribution is -2.45. The van der Waals surface area contributed by atoms with Crippen molar-refractivity contribution in [1.29, 1.82) is 0 Å². The lowest BCUT2D eigenvalue weighted by molar-refractivity contribution is -0.124. The molecule has 0 aliphatic carbocycles. The van der Waals surface area contributed by atoms with E-state index >= 15 is 0 Å². The van der Waals surface area contributed by atoms with Gasteiger partial charge in [0.1, 0.15) is 0 Å². The van der Waals surface area contributed by atoms with E-state index in [2.05, 4.69) is 43.5 Å². The monoisotopic (exact) mass is 592 g/mol. The van der Waals surface area contributed by atoms with E-state index in [9.17, 15) is 20.1 Å². The average Bonchev–Trinajstić information content (AvgIpc) is 2.98. The predicted molar refractivity (Wildman–Crippen MR) is 181 cm³/mol. The van der Waals surface area contributed by atoms with Crippen LogP contribution in [0.5, 0.6) is 0 Å². The van der Waals surface area contributed by atoms with Crippen LogP contribution in [-0.2, 0) is 4.79 Å². The maximum atomic E-state index is 12.3. The molecule has 0 rings (SSSR count). The maximum Gasteiger partial charge on any atom is 0.222 e. The zero-order chi connectivity index (χ0) is 30.9. The second kappa shape index (κ2) is 32.5. The molecule has 246 valence electrons. The number of hydrogen-bond donors (Lipinski definition) is 4. The van der Waals surface area contributed by atoms with Crippen molar-refractivity contribution in [3.05, 3.63) is 36.5 Å². The Morgan fingerprint density at radius 2 is 1.02 bits per heavy atom. The second-order valence-electron chi connectivity index (χ2n) is 12.1. The third-order valence-corrected chi connectivity index (χ3v) is 7.91. The molecular weight excluding hydrogens is 522 g/mol. The number of aliphatic hydroxyl groups is 3. The number of unbranched alkanes of at least 4 members (excludes halogenated alkanes) is 18. The third kappa shape index (κ3) is 28.7. The van der Waals surface area contributed by atoms with E-state index < -0.39 is 18.2 Å². The molecule has 1 amide bonds. The number of rotatable bonds is 31. The summed E-state index contributed by atoms with van der Waals surface area (Å²) in [5, 5.41) is 32.9. The molecule has 0 radical (unpaired) electrons. The molecule has 0 heterocycles. The van der Waals surface area contributed by atoms with Crippen LogP contribution < -0.4 is 5.32 Å². The highest BCUT2D eigenvalue weighted by Crippen LogP contribution is 2.14. The van der Waals surface area contributed by atoms with Crippen LogP contribution in [0.3, 0.4) is 0 Å². The van der Waals surface area contributed by atoms with Gasteiger partial charge >= 0.3 is 0 Å². The number of hydrogen-bond acceptors (Lipinski definition) is 4. The molecule has 5 heteroatoms. The summed E-state index contributed by atoms with van der Waals surface area (Å²) in [6, 6.07) is -0.762. The molecular formula is C37H69NO4. The van der Waals surface area contributed by atoms with Gasteiger partial charge in [0.05, 0.1) is 31.3 Å². The third-order valence-electron chi connectivity index (χ3n) is 7.91. The van der Waals surface area contributed by atoms with Gasteiger partial charge in [0, 0.05) is 0 Å². The molecule has 0 spiro atoms. The summed E-state index contributed by atoms with van der Waals surface area (Å²) in [7, 11) is 0. The molecule has 0 aromatic rings. The van der Waals surface area contributed by atoms with Gasteiger partial charge in [-0.3, -0.25) is 4.79 Å². The molecule has 0 bridgehead atoms. The number of allylic oxidation sites excluding steroid dienone is 5. The van der Waals surface area contributed by atoms with E-state index in [0.29, 0.717) is 6.42 Å². The van der Waals surface area contributed by atoms with Gasteiger partial charge in [-0.25, -0.2) is 0 Å². The molecule has 5 nitrogen and oxygen atoms in total. The van der Waals surface area contributed by atoms with Gasteiger partial charge < -0.3 is 20.6 Å². The van der Waals surface area contributed by atoms with Crippen molar-refractivity contribution in [3.8, 4) is 0 Å². The number of carbonyl (C=O) groups is 1. The molecule has 0 aromatic carbocycles. The Morgan fingerprint density at radius 3 is 1.52 bits per heavy atom. The zero-order valence-corrected chi connectivity index (χ0v) is 27.6. The Balaban J connectivity index is 3.84. The van der Waals surface area contributed by atoms with E-state index in [1.165, 1.54) is 103 Å². The highest BCUT2D eigenvalue weighted by atomic mass is 16.3. The predicted octanol–water partition coefficient (Wildman–Crippen LogP) is 9.26. The van der Waals surface area contributed by atoms with E-state index in [1.807, 2.05) is 6.08 Å². The highest BCUT2D eigenvalue weighted by Gasteiger charge is 2.20. The molecule has 3 atom stereocenters. The van der Waals surface area contributed by atoms with E-state index in [-0.39, 0.29) is 18.9 Å². The first-order chi connectivity index (χ1) is 20.5. The standard InChI is InChI=1S/C37H69NO4/c1-3-5-7-9-11-13-15-17-18-19-21-23-25-27-29-31-36(41)35(33-39)38-37(42)32-34(40)30-28-26-24-22-20-16-14-12-10-8-6-4-2/h15,17,21,23,29,31,34-36,39-41H,3-14,16,18-20,22,24-28,30,32-33H2,1-2H3,(H,38,42)/b17-15+,23-21+,31-29+. The zero-order valence-electron chi connectivity index (χ0n) is 27.6. The summed E-state index contributed by atoms with van der Waals surface area (Å²) in [5.74, 6) is -0.332. The molecule has 0 aromatic heterocycles. The Hall–Kier alpha value is -1.43. The van der Waals surface area contributed by atoms with Crippen LogP contribution in [0.1, 0.15) is 168 Å². The van der Waals surface area contributed by atoms with Crippen molar-refractivity contribution in [1.82, 2.24) is 5.32 Å². The number of amides is 1. The minimum absolute atomic E-state index is 0.00388. The largest absolute Gasteiger partial charge is 0.394 e. The molecule has 0 saturated heterocycles. The molecule has 42 heavy (non-hydrogen) atoms. The van der Waals surface area contributed by atoms with Gasteiger partial charge in [0.15, 0.2) is 0 Å². The van der Waals surface area contributed by atoms with Gasteiger partial charge in [0.2, 0.25) is 5.91 Å². The maximum absolute atomic E-state index is 12.3. The fourth-order valence-corrected chi connectivity index (χ4v) is 5.13. The number of aliphatic hydroxyl groups excluding tert-OH is 3. The topological polar surface area (TPSA) is 89.8 Å². The summed E-state index contributed by atoms with van der Waals surface area (Å²) >= 11 is 0. The van der Waals surface area contributed by atoms with Gasteiger partial charge in [0.25, 0.3) is 0 Å². The van der Waals surface area contributed by atoms with Crippen molar-refractivity contribution in [2.24, 2.45) is 0 Å². The van der Waals surface area contributed by atoms with Crippen molar-refractivity contribution >= 4 is 5.91 Å². The fraction of sp³-hybridized carbons (Fsp3) is 0.811. The molecule has 3 unspecified atom stereocenters. The van der Waals surface area contributed by atoms with Gasteiger partial charge in [-0.15, -0.1) is 0 Å². The number of carbonyl (C=O) groups excluding carboxylic acids is 1. The Kier molecular flexibility index (Phi) is 31.4. The summed E-state index contributed by atoms with van der Waals surface area (Å²) < 4.78 is 0. The molecule has 0 saturated carbocycles. The minimum Gasteiger partial charge on any atom is -0.394 e. The van der Waals surface area contributed by atoms with Crippen LogP contribution in [0.15, 0.2) is 36.5 Å². The quantitative estimate of drug-likeness (QED) is 0.0478. The molecule has 0 fully saturated rings. The van der Waals surface area contributed by atoms with Crippen molar-refractivity contribution < 1.29 is 20.1 Å². The minimum atomic E-state index is -0.955. The lowest BCUT2D eigenvalue weighted by atomic mass is 10.0. The Labute approximate surface area is 260 Å². The first kappa shape index (κ1) is 40.6. The molecule has 4 N–H and O–H groups in total. The van der Waals surface area contributed by atoms with Crippen LogP contribution in [0.25, 0.3) is 0 Å². The molecule has 0 aliphatic rings. The second-order valence-corrected chi connectivity index (χ2v) is 12.1. The van der Waals surface area contributed by atoms with Crippen molar-refractivity contribution in [2.75, 3.05) is 6.61 Å². The van der Waals surface area contributed by atoms with Gasteiger partial charge in [-0.1, -0.05) is 153 Å². The average molecular weight is 592 g/mol. The van der Waals surface area contributed by atoms with Crippen molar-refractivity contribution in [2.45, 2.75) is 186 Å². The number of nitrogens with one attached hydrogen (secondary N) is 1. The SMILES string of the molecule is CCCCCCC/C=C/CC/C=C/CC/C=C/C(O)C(CO)NC(=O)CC(O)CCCCCCCCCCCCCC. The van der Waals surface area contributed by atoms with Crippen LogP contribution in [0.2, 0.25) is 0 Å². The summed E-state index contributed by atoms with van der Waals surface area (Å²) in [6.45, 7) is 4.15. The van der Waals surface area contributed by atoms with Gasteiger partial charge in [-0.05, 0) is 44.9 Å². The van der Waals surface area contributed by atoms with Crippen molar-refractivity contribution in [3.63, 3.8) is 0 Å². The van der Waals surface area contributed by atoms with E-state index in [1.54, 1.807) is 6.08 Å². The summed E-state index contributed by atoms with van der Waals surface area (Å²) in [6.07, 6.45) is 38.3. The van der Waals surface area contributed by atoms with Crippen LogP contribution in [0, 0.1) is 0 Å². The van der Waals surface area contributed by atoms with Crippen LogP contribution in [0.4, 0.5) is 0 Å². The van der Waals surface area contributed by atoms with E-state index in [4.69, 9.17) is 0 Å². The smallest absolute Gasteiger partial charge is 0.222 e. The first-order valence-electron chi connectivity index (χ1n) is 17.8. The summed E-state index contributed by atoms with van der Waals surface area (Å²) in [5.41, 5.74) is 0. The molecule has 0 aliphatic heterocycles. The normalized spacial score (nSPS) is 14.3. The Bertz CT molecular complexity index is 660. The van der Waals surface area contributed by atoms with Gasteiger partial charge in [-0.2, -0.15) is 0 Å². The first-order valence-corrected chi connectivity index (χ1v) is 17.8. The summed E-state index contributed by atoms with van der Waals surface area (Å²) in [4.78, 5) is 12.3.